The minimum atomic E-state index is -0.336. The highest BCUT2D eigenvalue weighted by atomic mass is 16.5. The Morgan fingerprint density at radius 1 is 1.19 bits per heavy atom. The second-order valence-corrected chi connectivity index (χ2v) is 6.24. The highest BCUT2D eigenvalue weighted by Crippen LogP contribution is 2.27. The van der Waals surface area contributed by atoms with Crippen molar-refractivity contribution in [1.29, 1.82) is 5.26 Å². The molecule has 0 spiro atoms. The molecule has 142 valence electrons. The van der Waals surface area contributed by atoms with Gasteiger partial charge in [-0.2, -0.15) is 5.26 Å². The Balaban J connectivity index is 1.96. The summed E-state index contributed by atoms with van der Waals surface area (Å²) in [6, 6.07) is 14.5. The van der Waals surface area contributed by atoms with Crippen molar-refractivity contribution in [2.24, 2.45) is 0 Å². The minimum Gasteiger partial charge on any atom is -0.493 e. The molecule has 27 heavy (non-hydrogen) atoms. The van der Waals surface area contributed by atoms with E-state index in [-0.39, 0.29) is 11.9 Å². The number of anilines is 1. The molecule has 6 heteroatoms. The number of likely N-dealkylation sites (N-methyl/N-ethyl adjacent to an activating group) is 1. The van der Waals surface area contributed by atoms with Crippen LogP contribution in [-0.4, -0.2) is 44.7 Å². The van der Waals surface area contributed by atoms with Crippen LogP contribution < -0.4 is 14.8 Å². The lowest BCUT2D eigenvalue weighted by Gasteiger charge is -2.24. The van der Waals surface area contributed by atoms with Crippen LogP contribution in [-0.2, 0) is 11.2 Å². The highest BCUT2D eigenvalue weighted by Gasteiger charge is 2.19. The van der Waals surface area contributed by atoms with Crippen LogP contribution in [0.25, 0.3) is 0 Å². The quantitative estimate of drug-likeness (QED) is 0.776. The number of hydrogen-bond acceptors (Lipinski definition) is 5. The first-order valence-electron chi connectivity index (χ1n) is 8.71. The average Bonchev–Trinajstić information content (AvgIpc) is 2.71. The van der Waals surface area contributed by atoms with Crippen LogP contribution >= 0.6 is 0 Å². The van der Waals surface area contributed by atoms with Gasteiger partial charge in [-0.15, -0.1) is 0 Å². The van der Waals surface area contributed by atoms with Crippen molar-refractivity contribution < 1.29 is 14.3 Å². The number of rotatable bonds is 8. The van der Waals surface area contributed by atoms with E-state index in [0.717, 1.165) is 12.0 Å². The fourth-order valence-electron chi connectivity index (χ4n) is 2.66. The van der Waals surface area contributed by atoms with Gasteiger partial charge in [-0.1, -0.05) is 18.2 Å². The number of carbonyl (C=O) groups is 1. The molecule has 0 bridgehead atoms. The van der Waals surface area contributed by atoms with Crippen molar-refractivity contribution in [2.45, 2.75) is 19.4 Å². The van der Waals surface area contributed by atoms with Gasteiger partial charge < -0.3 is 14.8 Å². The van der Waals surface area contributed by atoms with E-state index in [9.17, 15) is 4.79 Å². The highest BCUT2D eigenvalue weighted by molar-refractivity contribution is 5.95. The number of ether oxygens (including phenoxy) is 2. The van der Waals surface area contributed by atoms with Gasteiger partial charge in [0.25, 0.3) is 0 Å². The summed E-state index contributed by atoms with van der Waals surface area (Å²) in [7, 11) is 5.12. The minimum absolute atomic E-state index is 0.146. The number of para-hydroxylation sites is 1. The SMILES string of the molecule is COc1ccc(CCN(C)[C@@H](C)C(=O)Nc2ccccc2C#N)cc1OC. The lowest BCUT2D eigenvalue weighted by molar-refractivity contribution is -0.120. The Bertz CT molecular complexity index is 830. The van der Waals surface area contributed by atoms with E-state index in [1.54, 1.807) is 38.5 Å². The number of nitriles is 1. The number of benzene rings is 2. The van der Waals surface area contributed by atoms with Gasteiger partial charge in [-0.05, 0) is 50.2 Å². The van der Waals surface area contributed by atoms with Crippen LogP contribution in [0.1, 0.15) is 18.1 Å². The van der Waals surface area contributed by atoms with E-state index >= 15 is 0 Å². The standard InChI is InChI=1S/C21H25N3O3/c1-15(21(25)23-18-8-6-5-7-17(18)14-22)24(2)12-11-16-9-10-19(26-3)20(13-16)27-4/h5-10,13,15H,11-12H2,1-4H3,(H,23,25)/t15-/m0/s1. The number of nitrogens with zero attached hydrogens (tertiary/aromatic N) is 2. The molecule has 6 nitrogen and oxygen atoms in total. The van der Waals surface area contributed by atoms with Crippen molar-refractivity contribution in [2.75, 3.05) is 33.1 Å². The summed E-state index contributed by atoms with van der Waals surface area (Å²) in [6.07, 6.45) is 0.767. The Hall–Kier alpha value is -3.04. The third-order valence-corrected chi connectivity index (χ3v) is 4.55. The van der Waals surface area contributed by atoms with E-state index in [4.69, 9.17) is 14.7 Å². The first-order valence-corrected chi connectivity index (χ1v) is 8.71. The zero-order valence-corrected chi connectivity index (χ0v) is 16.2. The van der Waals surface area contributed by atoms with E-state index < -0.39 is 0 Å². The number of methoxy groups -OCH3 is 2. The maximum absolute atomic E-state index is 12.5. The second-order valence-electron chi connectivity index (χ2n) is 6.24. The zero-order chi connectivity index (χ0) is 19.8. The Morgan fingerprint density at radius 3 is 2.56 bits per heavy atom. The van der Waals surface area contributed by atoms with Gasteiger partial charge in [-0.3, -0.25) is 9.69 Å². The van der Waals surface area contributed by atoms with E-state index in [0.29, 0.717) is 29.3 Å². The van der Waals surface area contributed by atoms with Gasteiger partial charge in [0.1, 0.15) is 6.07 Å². The van der Waals surface area contributed by atoms with Crippen molar-refractivity contribution in [3.8, 4) is 17.6 Å². The average molecular weight is 367 g/mol. The number of carbonyl (C=O) groups excluding carboxylic acids is 1. The molecular weight excluding hydrogens is 342 g/mol. The van der Waals surface area contributed by atoms with Crippen LogP contribution in [0.3, 0.4) is 0 Å². The summed E-state index contributed by atoms with van der Waals surface area (Å²) in [5.41, 5.74) is 2.08. The predicted octanol–water partition coefficient (Wildman–Crippen LogP) is 3.08. The Labute approximate surface area is 160 Å². The van der Waals surface area contributed by atoms with Gasteiger partial charge >= 0.3 is 0 Å². The summed E-state index contributed by atoms with van der Waals surface area (Å²) in [5.74, 6) is 1.24. The molecule has 0 fully saturated rings. The predicted molar refractivity (Wildman–Crippen MR) is 105 cm³/mol. The van der Waals surface area contributed by atoms with Crippen LogP contribution in [0.15, 0.2) is 42.5 Å². The summed E-state index contributed by atoms with van der Waals surface area (Å²) in [4.78, 5) is 14.5. The monoisotopic (exact) mass is 367 g/mol. The summed E-state index contributed by atoms with van der Waals surface area (Å²) in [6.45, 7) is 2.54. The van der Waals surface area contributed by atoms with Gasteiger partial charge in [0.2, 0.25) is 5.91 Å². The summed E-state index contributed by atoms with van der Waals surface area (Å²) >= 11 is 0. The largest absolute Gasteiger partial charge is 0.493 e. The van der Waals surface area contributed by atoms with Crippen LogP contribution in [0, 0.1) is 11.3 Å². The van der Waals surface area contributed by atoms with Gasteiger partial charge in [0.15, 0.2) is 11.5 Å². The van der Waals surface area contributed by atoms with E-state index in [1.807, 2.05) is 37.1 Å². The molecule has 2 aromatic carbocycles. The number of hydrogen-bond donors (Lipinski definition) is 1. The molecule has 0 saturated carbocycles. The number of nitrogens with one attached hydrogen (secondary N) is 1. The van der Waals surface area contributed by atoms with Crippen molar-refractivity contribution >= 4 is 11.6 Å². The topological polar surface area (TPSA) is 74.6 Å². The number of amides is 1. The van der Waals surface area contributed by atoms with Crippen molar-refractivity contribution in [3.05, 3.63) is 53.6 Å². The van der Waals surface area contributed by atoms with Crippen LogP contribution in [0.5, 0.6) is 11.5 Å². The molecule has 0 saturated heterocycles. The molecule has 2 aromatic rings. The normalized spacial score (nSPS) is 11.6. The molecule has 0 aliphatic carbocycles. The molecule has 2 rings (SSSR count). The van der Waals surface area contributed by atoms with Crippen LogP contribution in [0.2, 0.25) is 0 Å². The van der Waals surface area contributed by atoms with E-state index in [2.05, 4.69) is 11.4 Å². The van der Waals surface area contributed by atoms with Crippen LogP contribution in [0.4, 0.5) is 5.69 Å². The summed E-state index contributed by atoms with van der Waals surface area (Å²) < 4.78 is 10.6. The molecule has 0 aromatic heterocycles. The first kappa shape index (κ1) is 20.3. The maximum atomic E-state index is 12.5. The Morgan fingerprint density at radius 2 is 1.89 bits per heavy atom. The third kappa shape index (κ3) is 5.22. The fourth-order valence-corrected chi connectivity index (χ4v) is 2.66. The first-order chi connectivity index (χ1) is 13.0. The lowest BCUT2D eigenvalue weighted by atomic mass is 10.1. The molecule has 0 radical (unpaired) electrons. The zero-order valence-electron chi connectivity index (χ0n) is 16.2. The second kappa shape index (κ2) is 9.60. The molecular formula is C21H25N3O3. The molecule has 1 N–H and O–H groups in total. The van der Waals surface area contributed by atoms with Gasteiger partial charge in [0.05, 0.1) is 31.5 Å². The summed E-state index contributed by atoms with van der Waals surface area (Å²) in [5, 5.41) is 12.0. The smallest absolute Gasteiger partial charge is 0.241 e. The van der Waals surface area contributed by atoms with E-state index in [1.165, 1.54) is 0 Å². The van der Waals surface area contributed by atoms with Crippen molar-refractivity contribution in [1.82, 2.24) is 4.90 Å². The molecule has 1 atom stereocenters. The molecule has 0 unspecified atom stereocenters. The fraction of sp³-hybridized carbons (Fsp3) is 0.333. The molecule has 1 amide bonds. The lowest BCUT2D eigenvalue weighted by Crippen LogP contribution is -2.40. The third-order valence-electron chi connectivity index (χ3n) is 4.55. The molecule has 0 heterocycles. The van der Waals surface area contributed by atoms with Gasteiger partial charge in [0, 0.05) is 6.54 Å². The maximum Gasteiger partial charge on any atom is 0.241 e. The molecule has 0 aliphatic rings. The Kier molecular flexibility index (Phi) is 7.21. The molecule has 0 aliphatic heterocycles. The van der Waals surface area contributed by atoms with Gasteiger partial charge in [-0.25, -0.2) is 0 Å². The van der Waals surface area contributed by atoms with Crippen molar-refractivity contribution in [3.63, 3.8) is 0 Å².